The number of hydrogen-bond donors (Lipinski definition) is 1. The molecule has 0 spiro atoms. The Morgan fingerprint density at radius 3 is 2.81 bits per heavy atom. The van der Waals surface area contributed by atoms with Crippen LogP contribution >= 0.6 is 23.2 Å². The zero-order valence-electron chi connectivity index (χ0n) is 9.21. The lowest BCUT2D eigenvalue weighted by molar-refractivity contribution is 0.193. The molecule has 0 saturated carbocycles. The van der Waals surface area contributed by atoms with Gasteiger partial charge in [-0.1, -0.05) is 35.3 Å². The molecule has 0 heterocycles. The van der Waals surface area contributed by atoms with E-state index in [2.05, 4.69) is 0 Å². The maximum absolute atomic E-state index is 9.56. The van der Waals surface area contributed by atoms with E-state index in [9.17, 15) is 5.11 Å². The van der Waals surface area contributed by atoms with Crippen molar-refractivity contribution < 1.29 is 9.84 Å². The summed E-state index contributed by atoms with van der Waals surface area (Å²) in [4.78, 5) is 0. The van der Waals surface area contributed by atoms with Gasteiger partial charge in [0.05, 0.1) is 11.1 Å². The number of halogens is 2. The second-order valence-electron chi connectivity index (χ2n) is 3.56. The molecule has 0 bridgehead atoms. The molecule has 16 heavy (non-hydrogen) atoms. The van der Waals surface area contributed by atoms with E-state index in [1.54, 1.807) is 6.92 Å². The summed E-state index contributed by atoms with van der Waals surface area (Å²) in [5.74, 6) is 0.631. The predicted octanol–water partition coefficient (Wildman–Crippen LogP) is 3.75. The van der Waals surface area contributed by atoms with Gasteiger partial charge in [-0.25, -0.2) is 0 Å². The van der Waals surface area contributed by atoms with Gasteiger partial charge < -0.3 is 9.84 Å². The average molecular weight is 261 g/mol. The van der Waals surface area contributed by atoms with Crippen molar-refractivity contribution in [2.75, 3.05) is 6.61 Å². The van der Waals surface area contributed by atoms with Crippen molar-refractivity contribution in [3.63, 3.8) is 0 Å². The average Bonchev–Trinajstić information content (AvgIpc) is 2.25. The topological polar surface area (TPSA) is 29.5 Å². The number of benzene rings is 1. The van der Waals surface area contributed by atoms with Crippen LogP contribution in [0.2, 0.25) is 0 Å². The molecular weight excluding hydrogens is 247 g/mol. The Morgan fingerprint density at radius 2 is 2.25 bits per heavy atom. The Bertz CT molecular complexity index is 387. The summed E-state index contributed by atoms with van der Waals surface area (Å²) in [6.45, 7) is 3.85. The summed E-state index contributed by atoms with van der Waals surface area (Å²) >= 11 is 11.2. The second-order valence-corrected chi connectivity index (χ2v) is 4.27. The Morgan fingerprint density at radius 1 is 1.56 bits per heavy atom. The highest BCUT2D eigenvalue weighted by molar-refractivity contribution is 6.36. The van der Waals surface area contributed by atoms with Crippen LogP contribution in [0.25, 0.3) is 0 Å². The van der Waals surface area contributed by atoms with Crippen LogP contribution in [0.4, 0.5) is 0 Å². The summed E-state index contributed by atoms with van der Waals surface area (Å²) in [6.07, 6.45) is -0.575. The van der Waals surface area contributed by atoms with Gasteiger partial charge >= 0.3 is 0 Å². The van der Waals surface area contributed by atoms with Crippen molar-refractivity contribution in [2.45, 2.75) is 20.0 Å². The molecule has 1 rings (SSSR count). The lowest BCUT2D eigenvalue weighted by Gasteiger charge is -2.13. The molecule has 0 amide bonds. The van der Waals surface area contributed by atoms with Crippen LogP contribution in [0.1, 0.15) is 24.2 Å². The molecule has 88 valence electrons. The molecule has 0 saturated heterocycles. The van der Waals surface area contributed by atoms with Crippen molar-refractivity contribution in [3.8, 4) is 5.75 Å². The first-order chi connectivity index (χ1) is 7.54. The largest absolute Gasteiger partial charge is 0.488 e. The van der Waals surface area contributed by atoms with Crippen LogP contribution in [0.15, 0.2) is 28.8 Å². The molecule has 0 aliphatic carbocycles. The standard InChI is InChI=1S/C12H14Cl2O2/c1-8-3-4-11(9(2)15)12(5-8)16-7-10(14)6-13/h3-6,9,15H,7H2,1-2H3. The van der Waals surface area contributed by atoms with Gasteiger partial charge in [0, 0.05) is 11.1 Å². The minimum absolute atomic E-state index is 0.203. The molecule has 2 nitrogen and oxygen atoms in total. The van der Waals surface area contributed by atoms with Crippen molar-refractivity contribution in [2.24, 2.45) is 0 Å². The number of ether oxygens (including phenoxy) is 1. The van der Waals surface area contributed by atoms with E-state index in [1.165, 1.54) is 5.54 Å². The fraction of sp³-hybridized carbons (Fsp3) is 0.333. The molecule has 0 fully saturated rings. The van der Waals surface area contributed by atoms with Crippen molar-refractivity contribution in [3.05, 3.63) is 39.9 Å². The number of aryl methyl sites for hydroxylation is 1. The zero-order chi connectivity index (χ0) is 12.1. The summed E-state index contributed by atoms with van der Waals surface area (Å²) in [5, 5.41) is 9.98. The quantitative estimate of drug-likeness (QED) is 0.894. The number of aliphatic hydroxyl groups excluding tert-OH is 1. The first-order valence-corrected chi connectivity index (χ1v) is 5.72. The van der Waals surface area contributed by atoms with Crippen molar-refractivity contribution in [1.82, 2.24) is 0 Å². The molecule has 0 radical (unpaired) electrons. The van der Waals surface area contributed by atoms with Crippen molar-refractivity contribution in [1.29, 1.82) is 0 Å². The van der Waals surface area contributed by atoms with Crippen LogP contribution < -0.4 is 4.74 Å². The third-order valence-corrected chi connectivity index (χ3v) is 2.70. The fourth-order valence-electron chi connectivity index (χ4n) is 1.29. The Balaban J connectivity index is 2.88. The second kappa shape index (κ2) is 6.14. The maximum atomic E-state index is 9.56. The molecule has 0 aliphatic rings. The summed E-state index contributed by atoms with van der Waals surface area (Å²) in [7, 11) is 0. The van der Waals surface area contributed by atoms with Crippen molar-refractivity contribution >= 4 is 23.2 Å². The van der Waals surface area contributed by atoms with Crippen LogP contribution in [-0.4, -0.2) is 11.7 Å². The third-order valence-electron chi connectivity index (χ3n) is 2.10. The summed E-state index contributed by atoms with van der Waals surface area (Å²) in [6, 6.07) is 5.63. The highest BCUT2D eigenvalue weighted by Crippen LogP contribution is 2.26. The smallest absolute Gasteiger partial charge is 0.125 e. The van der Waals surface area contributed by atoms with E-state index >= 15 is 0 Å². The van der Waals surface area contributed by atoms with Crippen LogP contribution in [0, 0.1) is 6.92 Å². The van der Waals surface area contributed by atoms with E-state index in [4.69, 9.17) is 27.9 Å². The molecule has 1 aromatic rings. The molecule has 1 aromatic carbocycles. The highest BCUT2D eigenvalue weighted by Gasteiger charge is 2.09. The van der Waals surface area contributed by atoms with E-state index in [-0.39, 0.29) is 6.61 Å². The van der Waals surface area contributed by atoms with Gasteiger partial charge in [0.2, 0.25) is 0 Å². The number of aliphatic hydroxyl groups is 1. The van der Waals surface area contributed by atoms with Crippen LogP contribution in [-0.2, 0) is 0 Å². The maximum Gasteiger partial charge on any atom is 0.125 e. The normalized spacial score (nSPS) is 13.7. The third kappa shape index (κ3) is 3.71. The monoisotopic (exact) mass is 260 g/mol. The highest BCUT2D eigenvalue weighted by atomic mass is 35.5. The Hall–Kier alpha value is -0.700. The van der Waals surface area contributed by atoms with Gasteiger partial charge in [-0.3, -0.25) is 0 Å². The number of rotatable bonds is 4. The van der Waals surface area contributed by atoms with Crippen LogP contribution in [0.5, 0.6) is 5.75 Å². The molecule has 4 heteroatoms. The number of hydrogen-bond acceptors (Lipinski definition) is 2. The molecule has 0 aliphatic heterocycles. The first kappa shape index (κ1) is 13.4. The first-order valence-electron chi connectivity index (χ1n) is 4.90. The summed E-state index contributed by atoms with van der Waals surface area (Å²) in [5.41, 5.74) is 3.06. The van der Waals surface area contributed by atoms with Gasteiger partial charge in [-0.05, 0) is 25.5 Å². The molecule has 0 aromatic heterocycles. The molecule has 1 unspecified atom stereocenters. The van der Waals surface area contributed by atoms with E-state index < -0.39 is 6.10 Å². The minimum Gasteiger partial charge on any atom is -0.488 e. The van der Waals surface area contributed by atoms with E-state index in [0.717, 1.165) is 11.1 Å². The zero-order valence-corrected chi connectivity index (χ0v) is 10.7. The van der Waals surface area contributed by atoms with E-state index in [1.807, 2.05) is 25.1 Å². The molecule has 1 N–H and O–H groups in total. The van der Waals surface area contributed by atoms with E-state index in [0.29, 0.717) is 10.8 Å². The van der Waals surface area contributed by atoms with Gasteiger partial charge in [0.25, 0.3) is 0 Å². The Labute approximate surface area is 105 Å². The van der Waals surface area contributed by atoms with Gasteiger partial charge in [-0.15, -0.1) is 0 Å². The molecule has 1 atom stereocenters. The lowest BCUT2D eigenvalue weighted by Crippen LogP contribution is -2.02. The van der Waals surface area contributed by atoms with Gasteiger partial charge in [-0.2, -0.15) is 0 Å². The SMILES string of the molecule is Cc1ccc(C(C)O)c(OCC(Cl)=CCl)c1. The predicted molar refractivity (Wildman–Crippen MR) is 67.1 cm³/mol. The summed E-state index contributed by atoms with van der Waals surface area (Å²) < 4.78 is 5.49. The fourth-order valence-corrected chi connectivity index (χ4v) is 1.41. The molecular formula is C12H14Cl2O2. The van der Waals surface area contributed by atoms with Crippen LogP contribution in [0.3, 0.4) is 0 Å². The lowest BCUT2D eigenvalue weighted by atomic mass is 10.1. The van der Waals surface area contributed by atoms with Gasteiger partial charge in [0.1, 0.15) is 12.4 Å². The van der Waals surface area contributed by atoms with Gasteiger partial charge in [0.15, 0.2) is 0 Å². The Kier molecular flexibility index (Phi) is 5.13. The minimum atomic E-state index is -0.575.